The van der Waals surface area contributed by atoms with Gasteiger partial charge in [-0.25, -0.2) is 9.59 Å². The zero-order valence-corrected chi connectivity index (χ0v) is 10.5. The molecule has 0 fully saturated rings. The Morgan fingerprint density at radius 3 is 1.62 bits per heavy atom. The molecule has 3 rings (SSSR count). The Morgan fingerprint density at radius 1 is 0.810 bits per heavy atom. The van der Waals surface area contributed by atoms with Gasteiger partial charge in [-0.15, -0.1) is 0 Å². The van der Waals surface area contributed by atoms with Gasteiger partial charge in [0.05, 0.1) is 21.9 Å². The van der Waals surface area contributed by atoms with Crippen LogP contribution < -0.4 is 5.43 Å². The Hall–Kier alpha value is -3.15. The Morgan fingerprint density at radius 2 is 1.24 bits per heavy atom. The van der Waals surface area contributed by atoms with E-state index in [9.17, 15) is 14.4 Å². The molecule has 2 N–H and O–H groups in total. The van der Waals surface area contributed by atoms with E-state index < -0.39 is 11.9 Å². The lowest BCUT2D eigenvalue weighted by Crippen LogP contribution is -2.05. The van der Waals surface area contributed by atoms with Crippen LogP contribution in [0.3, 0.4) is 0 Å². The van der Waals surface area contributed by atoms with E-state index in [2.05, 4.69) is 0 Å². The molecule has 0 radical (unpaired) electrons. The van der Waals surface area contributed by atoms with Gasteiger partial charge in [0.15, 0.2) is 0 Å². The molecule has 1 heterocycles. The average molecular weight is 284 g/mol. The molecule has 0 saturated heterocycles. The third-order valence-corrected chi connectivity index (χ3v) is 3.17. The van der Waals surface area contributed by atoms with Crippen LogP contribution in [0.15, 0.2) is 45.6 Å². The zero-order chi connectivity index (χ0) is 15.1. The van der Waals surface area contributed by atoms with Crippen molar-refractivity contribution in [3.05, 3.63) is 57.7 Å². The maximum Gasteiger partial charge on any atom is 0.335 e. The van der Waals surface area contributed by atoms with Crippen LogP contribution in [0.5, 0.6) is 0 Å². The lowest BCUT2D eigenvalue weighted by Gasteiger charge is -2.03. The Balaban J connectivity index is 2.40. The number of aromatic carboxylic acids is 2. The van der Waals surface area contributed by atoms with Crippen molar-refractivity contribution in [3.8, 4) is 0 Å². The lowest BCUT2D eigenvalue weighted by atomic mass is 10.1. The second kappa shape index (κ2) is 4.45. The quantitative estimate of drug-likeness (QED) is 0.700. The number of benzene rings is 2. The van der Waals surface area contributed by atoms with E-state index in [4.69, 9.17) is 14.6 Å². The highest BCUT2D eigenvalue weighted by atomic mass is 16.4. The van der Waals surface area contributed by atoms with Gasteiger partial charge in [0.2, 0.25) is 5.43 Å². The summed E-state index contributed by atoms with van der Waals surface area (Å²) in [5, 5.41) is 18.4. The first-order valence-electron chi connectivity index (χ1n) is 5.94. The summed E-state index contributed by atoms with van der Waals surface area (Å²) >= 11 is 0. The van der Waals surface area contributed by atoms with Gasteiger partial charge >= 0.3 is 11.9 Å². The Labute approximate surface area is 116 Å². The molecule has 0 saturated carbocycles. The van der Waals surface area contributed by atoms with Gasteiger partial charge in [-0.2, -0.15) is 0 Å². The van der Waals surface area contributed by atoms with Gasteiger partial charge < -0.3 is 14.6 Å². The molecule has 6 nitrogen and oxygen atoms in total. The van der Waals surface area contributed by atoms with Crippen LogP contribution >= 0.6 is 0 Å². The largest absolute Gasteiger partial charge is 0.478 e. The lowest BCUT2D eigenvalue weighted by molar-refractivity contribution is 0.0686. The van der Waals surface area contributed by atoms with E-state index >= 15 is 0 Å². The minimum Gasteiger partial charge on any atom is -0.478 e. The second-order valence-corrected chi connectivity index (χ2v) is 4.46. The van der Waals surface area contributed by atoms with E-state index in [0.717, 1.165) is 0 Å². The topological polar surface area (TPSA) is 105 Å². The van der Waals surface area contributed by atoms with Crippen molar-refractivity contribution in [2.75, 3.05) is 0 Å². The second-order valence-electron chi connectivity index (χ2n) is 4.46. The summed E-state index contributed by atoms with van der Waals surface area (Å²) in [7, 11) is 0. The summed E-state index contributed by atoms with van der Waals surface area (Å²) in [6, 6.07) is 7.89. The molecule has 0 spiro atoms. The fraction of sp³-hybridized carbons (Fsp3) is 0. The van der Waals surface area contributed by atoms with Gasteiger partial charge in [-0.3, -0.25) is 4.79 Å². The normalized spacial score (nSPS) is 10.9. The van der Waals surface area contributed by atoms with Crippen LogP contribution in [0, 0.1) is 0 Å². The average Bonchev–Trinajstić information content (AvgIpc) is 2.46. The number of carbonyl (C=O) groups is 2. The molecule has 21 heavy (non-hydrogen) atoms. The van der Waals surface area contributed by atoms with E-state index in [1.165, 1.54) is 36.4 Å². The summed E-state index contributed by atoms with van der Waals surface area (Å²) in [6.07, 6.45) is 0. The molecule has 0 atom stereocenters. The van der Waals surface area contributed by atoms with E-state index in [1.807, 2.05) is 0 Å². The van der Waals surface area contributed by atoms with E-state index in [0.29, 0.717) is 0 Å². The highest BCUT2D eigenvalue weighted by molar-refractivity contribution is 5.97. The van der Waals surface area contributed by atoms with Gasteiger partial charge in [0, 0.05) is 0 Å². The monoisotopic (exact) mass is 284 g/mol. The van der Waals surface area contributed by atoms with Crippen LogP contribution in [0.1, 0.15) is 20.7 Å². The van der Waals surface area contributed by atoms with Crippen LogP contribution in [-0.4, -0.2) is 22.2 Å². The predicted molar refractivity (Wildman–Crippen MR) is 73.9 cm³/mol. The summed E-state index contributed by atoms with van der Waals surface area (Å²) in [5.74, 6) is -2.28. The van der Waals surface area contributed by atoms with Gasteiger partial charge in [0.1, 0.15) is 11.2 Å². The molecule has 2 aromatic carbocycles. The van der Waals surface area contributed by atoms with Crippen molar-refractivity contribution in [1.29, 1.82) is 0 Å². The molecule has 0 aliphatic heterocycles. The van der Waals surface area contributed by atoms with E-state index in [1.54, 1.807) is 0 Å². The molecule has 1 aromatic heterocycles. The standard InChI is InChI=1S/C15H8O6/c16-13-9-3-1-7(14(17)18)5-11(9)21-12-6-8(15(19)20)2-4-10(12)13/h1-6H,(H,17,18)(H,19,20). The summed E-state index contributed by atoms with van der Waals surface area (Å²) in [4.78, 5) is 34.2. The highest BCUT2D eigenvalue weighted by Gasteiger charge is 2.12. The fourth-order valence-corrected chi connectivity index (χ4v) is 2.12. The summed E-state index contributed by atoms with van der Waals surface area (Å²) < 4.78 is 5.48. The number of carboxylic acids is 2. The SMILES string of the molecule is O=C(O)c1ccc2c(=O)c3ccc(C(=O)O)cc3oc2c1. The first kappa shape index (κ1) is 12.9. The predicted octanol–water partition coefficient (Wildman–Crippen LogP) is 2.34. The minimum atomic E-state index is -1.14. The molecule has 6 heteroatoms. The zero-order valence-electron chi connectivity index (χ0n) is 10.5. The molecule has 3 aromatic rings. The van der Waals surface area contributed by atoms with Gasteiger partial charge in [-0.05, 0) is 36.4 Å². The van der Waals surface area contributed by atoms with Gasteiger partial charge in [0.25, 0.3) is 0 Å². The van der Waals surface area contributed by atoms with Crippen molar-refractivity contribution in [1.82, 2.24) is 0 Å². The van der Waals surface area contributed by atoms with Crippen molar-refractivity contribution >= 4 is 33.9 Å². The molecule has 104 valence electrons. The number of rotatable bonds is 2. The van der Waals surface area contributed by atoms with Gasteiger partial charge in [-0.1, -0.05) is 0 Å². The third kappa shape index (κ3) is 2.02. The molecular weight excluding hydrogens is 276 g/mol. The molecule has 0 unspecified atom stereocenters. The van der Waals surface area contributed by atoms with E-state index in [-0.39, 0.29) is 38.5 Å². The summed E-state index contributed by atoms with van der Waals surface area (Å²) in [5.41, 5.74) is -0.149. The first-order valence-corrected chi connectivity index (χ1v) is 5.94. The minimum absolute atomic E-state index is 0.0145. The van der Waals surface area contributed by atoms with Crippen LogP contribution in [0.25, 0.3) is 21.9 Å². The highest BCUT2D eigenvalue weighted by Crippen LogP contribution is 2.21. The Bertz CT molecular complexity index is 892. The first-order chi connectivity index (χ1) is 9.97. The fourth-order valence-electron chi connectivity index (χ4n) is 2.12. The molecule has 0 aliphatic carbocycles. The Kier molecular flexibility index (Phi) is 2.72. The molecule has 0 amide bonds. The third-order valence-electron chi connectivity index (χ3n) is 3.17. The molecular formula is C15H8O6. The molecule has 0 bridgehead atoms. The number of hydrogen-bond donors (Lipinski definition) is 2. The van der Waals surface area contributed by atoms with Crippen molar-refractivity contribution in [2.45, 2.75) is 0 Å². The number of fused-ring (bicyclic) bond motifs is 2. The van der Waals surface area contributed by atoms with Crippen molar-refractivity contribution in [3.63, 3.8) is 0 Å². The maximum absolute atomic E-state index is 12.3. The smallest absolute Gasteiger partial charge is 0.335 e. The molecule has 0 aliphatic rings. The van der Waals surface area contributed by atoms with Crippen LogP contribution in [0.2, 0.25) is 0 Å². The van der Waals surface area contributed by atoms with Crippen molar-refractivity contribution < 1.29 is 24.2 Å². The van der Waals surface area contributed by atoms with Crippen LogP contribution in [-0.2, 0) is 0 Å². The number of hydrogen-bond acceptors (Lipinski definition) is 4. The van der Waals surface area contributed by atoms with Crippen molar-refractivity contribution in [2.24, 2.45) is 0 Å². The maximum atomic E-state index is 12.3. The number of carboxylic acid groups (broad SMARTS) is 2. The van der Waals surface area contributed by atoms with Crippen LogP contribution in [0.4, 0.5) is 0 Å². The summed E-state index contributed by atoms with van der Waals surface area (Å²) in [6.45, 7) is 0.